The van der Waals surface area contributed by atoms with Crippen molar-refractivity contribution in [3.63, 3.8) is 0 Å². The normalized spacial score (nSPS) is 10.9. The molecule has 0 fully saturated rings. The minimum atomic E-state index is -0.468. The van der Waals surface area contributed by atoms with Gasteiger partial charge >= 0.3 is 0 Å². The number of amides is 1. The van der Waals surface area contributed by atoms with E-state index in [4.69, 9.17) is 0 Å². The van der Waals surface area contributed by atoms with Crippen molar-refractivity contribution in [2.75, 3.05) is 16.8 Å². The van der Waals surface area contributed by atoms with Crippen LogP contribution in [0.25, 0.3) is 6.08 Å². The molecule has 136 valence electrons. The van der Waals surface area contributed by atoms with Crippen LogP contribution in [0.1, 0.15) is 26.3 Å². The number of rotatable bonds is 7. The molecule has 2 aromatic rings. The molecule has 2 rings (SSSR count). The van der Waals surface area contributed by atoms with Crippen molar-refractivity contribution >= 4 is 29.0 Å². The number of para-hydroxylation sites is 1. The molecular formula is C20H23N3O3. The van der Waals surface area contributed by atoms with Crippen LogP contribution in [-0.2, 0) is 4.79 Å². The van der Waals surface area contributed by atoms with E-state index in [1.807, 2.05) is 24.3 Å². The lowest BCUT2D eigenvalue weighted by atomic mass is 10.1. The number of carbonyl (C=O) groups excluding carboxylic acids is 1. The van der Waals surface area contributed by atoms with Gasteiger partial charge in [0.25, 0.3) is 5.69 Å². The van der Waals surface area contributed by atoms with Crippen molar-refractivity contribution in [3.05, 3.63) is 70.3 Å². The standard InChI is InChI=1S/C20H23N3O3/c1-4-22(15(2)3)18-12-10-17(11-13-18)21-20(24)14-9-16-7-5-6-8-19(16)23(25)26/h5-15H,4H2,1-3H3,(H,21,24). The monoisotopic (exact) mass is 353 g/mol. The summed E-state index contributed by atoms with van der Waals surface area (Å²) in [6.45, 7) is 7.27. The van der Waals surface area contributed by atoms with Gasteiger partial charge in [0.2, 0.25) is 5.91 Å². The van der Waals surface area contributed by atoms with Gasteiger partial charge in [-0.15, -0.1) is 0 Å². The maximum Gasteiger partial charge on any atom is 0.276 e. The molecule has 0 heterocycles. The Labute approximate surface area is 153 Å². The first-order valence-corrected chi connectivity index (χ1v) is 8.51. The largest absolute Gasteiger partial charge is 0.369 e. The molecular weight excluding hydrogens is 330 g/mol. The lowest BCUT2D eigenvalue weighted by Gasteiger charge is -2.27. The van der Waals surface area contributed by atoms with Crippen LogP contribution in [0.2, 0.25) is 0 Å². The fourth-order valence-corrected chi connectivity index (χ4v) is 2.73. The Bertz CT molecular complexity index is 798. The maximum absolute atomic E-state index is 12.1. The smallest absolute Gasteiger partial charge is 0.276 e. The fraction of sp³-hybridized carbons (Fsp3) is 0.250. The molecule has 1 N–H and O–H groups in total. The van der Waals surface area contributed by atoms with E-state index in [0.717, 1.165) is 12.2 Å². The van der Waals surface area contributed by atoms with Crippen LogP contribution in [-0.4, -0.2) is 23.4 Å². The van der Waals surface area contributed by atoms with E-state index in [2.05, 4.69) is 31.0 Å². The molecule has 0 saturated carbocycles. The van der Waals surface area contributed by atoms with Gasteiger partial charge in [-0.05, 0) is 57.2 Å². The van der Waals surface area contributed by atoms with Crippen LogP contribution in [0.3, 0.4) is 0 Å². The number of carbonyl (C=O) groups is 1. The number of hydrogen-bond donors (Lipinski definition) is 1. The second-order valence-electron chi connectivity index (χ2n) is 6.07. The summed E-state index contributed by atoms with van der Waals surface area (Å²) in [7, 11) is 0. The molecule has 6 heteroatoms. The van der Waals surface area contributed by atoms with Gasteiger partial charge in [-0.25, -0.2) is 0 Å². The Balaban J connectivity index is 2.05. The topological polar surface area (TPSA) is 75.5 Å². The molecule has 0 bridgehead atoms. The highest BCUT2D eigenvalue weighted by molar-refractivity contribution is 6.02. The quantitative estimate of drug-likeness (QED) is 0.452. The van der Waals surface area contributed by atoms with Gasteiger partial charge in [-0.2, -0.15) is 0 Å². The van der Waals surface area contributed by atoms with Crippen LogP contribution >= 0.6 is 0 Å². The van der Waals surface area contributed by atoms with Crippen molar-refractivity contribution in [1.29, 1.82) is 0 Å². The van der Waals surface area contributed by atoms with Crippen molar-refractivity contribution in [3.8, 4) is 0 Å². The molecule has 26 heavy (non-hydrogen) atoms. The van der Waals surface area contributed by atoms with Crippen LogP contribution in [0.15, 0.2) is 54.6 Å². The molecule has 1 amide bonds. The van der Waals surface area contributed by atoms with Gasteiger partial charge in [0.05, 0.1) is 10.5 Å². The fourth-order valence-electron chi connectivity index (χ4n) is 2.73. The minimum Gasteiger partial charge on any atom is -0.369 e. The zero-order valence-corrected chi connectivity index (χ0v) is 15.2. The third-order valence-electron chi connectivity index (χ3n) is 3.98. The van der Waals surface area contributed by atoms with Gasteiger partial charge < -0.3 is 10.2 Å². The molecule has 0 spiro atoms. The lowest BCUT2D eigenvalue weighted by Crippen LogP contribution is -2.30. The number of nitro groups is 1. The maximum atomic E-state index is 12.1. The first kappa shape index (κ1) is 19.2. The van der Waals surface area contributed by atoms with Crippen molar-refractivity contribution in [2.24, 2.45) is 0 Å². The number of benzene rings is 2. The van der Waals surface area contributed by atoms with Crippen LogP contribution < -0.4 is 10.2 Å². The molecule has 0 atom stereocenters. The van der Waals surface area contributed by atoms with E-state index in [-0.39, 0.29) is 11.6 Å². The van der Waals surface area contributed by atoms with Crippen LogP contribution in [0, 0.1) is 10.1 Å². The van der Waals surface area contributed by atoms with E-state index < -0.39 is 4.92 Å². The number of anilines is 2. The Kier molecular flexibility index (Phi) is 6.49. The van der Waals surface area contributed by atoms with E-state index in [9.17, 15) is 14.9 Å². The van der Waals surface area contributed by atoms with Crippen molar-refractivity contribution < 1.29 is 9.72 Å². The first-order chi connectivity index (χ1) is 12.4. The number of nitrogens with one attached hydrogen (secondary N) is 1. The summed E-state index contributed by atoms with van der Waals surface area (Å²) in [6.07, 6.45) is 2.74. The first-order valence-electron chi connectivity index (χ1n) is 8.51. The molecule has 0 aliphatic carbocycles. The molecule has 0 radical (unpaired) electrons. The number of hydrogen-bond acceptors (Lipinski definition) is 4. The molecule has 0 aromatic heterocycles. The third kappa shape index (κ3) is 4.92. The van der Waals surface area contributed by atoms with Crippen LogP contribution in [0.5, 0.6) is 0 Å². The summed E-state index contributed by atoms with van der Waals surface area (Å²) >= 11 is 0. The van der Waals surface area contributed by atoms with Gasteiger partial charge in [0.1, 0.15) is 0 Å². The number of nitrogens with zero attached hydrogens (tertiary/aromatic N) is 2. The second kappa shape index (κ2) is 8.80. The third-order valence-corrected chi connectivity index (χ3v) is 3.98. The predicted octanol–water partition coefficient (Wildman–Crippen LogP) is 4.48. The van der Waals surface area contributed by atoms with Gasteiger partial charge in [-0.3, -0.25) is 14.9 Å². The van der Waals surface area contributed by atoms with E-state index >= 15 is 0 Å². The predicted molar refractivity (Wildman–Crippen MR) is 105 cm³/mol. The Morgan fingerprint density at radius 1 is 1.19 bits per heavy atom. The van der Waals surface area contributed by atoms with Crippen molar-refractivity contribution in [1.82, 2.24) is 0 Å². The number of nitro benzene ring substituents is 1. The average Bonchev–Trinajstić information content (AvgIpc) is 2.62. The van der Waals surface area contributed by atoms with Crippen molar-refractivity contribution in [2.45, 2.75) is 26.8 Å². The summed E-state index contributed by atoms with van der Waals surface area (Å²) in [5.41, 5.74) is 2.12. The highest BCUT2D eigenvalue weighted by atomic mass is 16.6. The summed E-state index contributed by atoms with van der Waals surface area (Å²) in [5.74, 6) is -0.341. The molecule has 2 aromatic carbocycles. The van der Waals surface area contributed by atoms with E-state index in [0.29, 0.717) is 17.3 Å². The van der Waals surface area contributed by atoms with E-state index in [1.54, 1.807) is 18.2 Å². The zero-order chi connectivity index (χ0) is 19.1. The molecule has 6 nitrogen and oxygen atoms in total. The summed E-state index contributed by atoms with van der Waals surface area (Å²) in [5, 5.41) is 13.7. The lowest BCUT2D eigenvalue weighted by molar-refractivity contribution is -0.385. The summed E-state index contributed by atoms with van der Waals surface area (Å²) < 4.78 is 0. The average molecular weight is 353 g/mol. The van der Waals surface area contributed by atoms with Crippen LogP contribution in [0.4, 0.5) is 17.1 Å². The molecule has 0 saturated heterocycles. The highest BCUT2D eigenvalue weighted by Gasteiger charge is 2.10. The zero-order valence-electron chi connectivity index (χ0n) is 15.2. The second-order valence-corrected chi connectivity index (χ2v) is 6.07. The highest BCUT2D eigenvalue weighted by Crippen LogP contribution is 2.21. The van der Waals surface area contributed by atoms with Gasteiger partial charge in [0.15, 0.2) is 0 Å². The van der Waals surface area contributed by atoms with Gasteiger partial charge in [0, 0.05) is 36.1 Å². The van der Waals surface area contributed by atoms with E-state index in [1.165, 1.54) is 18.2 Å². The van der Waals surface area contributed by atoms with Gasteiger partial charge in [-0.1, -0.05) is 12.1 Å². The molecule has 0 unspecified atom stereocenters. The molecule has 0 aliphatic heterocycles. The Morgan fingerprint density at radius 2 is 1.85 bits per heavy atom. The molecule has 0 aliphatic rings. The minimum absolute atomic E-state index is 0.0331. The summed E-state index contributed by atoms with van der Waals surface area (Å²) in [4.78, 5) is 24.8. The Hall–Kier alpha value is -3.15. The summed E-state index contributed by atoms with van der Waals surface area (Å²) in [6, 6.07) is 14.3. The SMILES string of the molecule is CCN(c1ccc(NC(=O)C=Cc2ccccc2[N+](=O)[O-])cc1)C(C)C. The Morgan fingerprint density at radius 3 is 2.42 bits per heavy atom.